The minimum absolute atomic E-state index is 0.242. The topological polar surface area (TPSA) is 48.5 Å². The van der Waals surface area contributed by atoms with Gasteiger partial charge in [-0.2, -0.15) is 13.2 Å². The van der Waals surface area contributed by atoms with Gasteiger partial charge in [0, 0.05) is 37.4 Å². The summed E-state index contributed by atoms with van der Waals surface area (Å²) in [5, 5.41) is 3.66. The Morgan fingerprint density at radius 2 is 1.62 bits per heavy atom. The van der Waals surface area contributed by atoms with Gasteiger partial charge in [-0.25, -0.2) is 4.98 Å². The van der Waals surface area contributed by atoms with E-state index in [1.807, 2.05) is 30.9 Å². The molecule has 1 aliphatic heterocycles. The first kappa shape index (κ1) is 21.0. The Hall–Kier alpha value is -2.68. The lowest BCUT2D eigenvalue weighted by molar-refractivity contribution is -0.137. The molecule has 1 aromatic heterocycles. The average Bonchev–Trinajstić information content (AvgIpc) is 2.66. The number of aromatic nitrogens is 1. The lowest BCUT2D eigenvalue weighted by Crippen LogP contribution is -2.51. The SMILES string of the molecule is Cc1cc(C)nc(NC(=S)N2CCN(C(=O)c3ccc(C(F)(F)F)cc3)CC2)c1. The molecule has 5 nitrogen and oxygen atoms in total. The highest BCUT2D eigenvalue weighted by molar-refractivity contribution is 7.80. The van der Waals surface area contributed by atoms with E-state index in [-0.39, 0.29) is 11.5 Å². The fourth-order valence-corrected chi connectivity index (χ4v) is 3.48. The number of carbonyl (C=O) groups is 1. The van der Waals surface area contributed by atoms with E-state index < -0.39 is 11.7 Å². The van der Waals surface area contributed by atoms with Crippen molar-refractivity contribution < 1.29 is 18.0 Å². The van der Waals surface area contributed by atoms with E-state index in [1.54, 1.807) is 4.90 Å². The van der Waals surface area contributed by atoms with Crippen molar-refractivity contribution in [2.75, 3.05) is 31.5 Å². The van der Waals surface area contributed by atoms with Crippen LogP contribution in [0.5, 0.6) is 0 Å². The number of nitrogens with zero attached hydrogens (tertiary/aromatic N) is 3. The van der Waals surface area contributed by atoms with Crippen molar-refractivity contribution in [2.24, 2.45) is 0 Å². The Kier molecular flexibility index (Phi) is 6.07. The van der Waals surface area contributed by atoms with Crippen LogP contribution < -0.4 is 5.32 Å². The average molecular weight is 422 g/mol. The third-order valence-electron chi connectivity index (χ3n) is 4.65. The number of hydrogen-bond acceptors (Lipinski definition) is 3. The van der Waals surface area contributed by atoms with Gasteiger partial charge < -0.3 is 15.1 Å². The zero-order valence-corrected chi connectivity index (χ0v) is 16.9. The molecule has 0 aliphatic carbocycles. The number of amides is 1. The number of thiocarbonyl (C=S) groups is 1. The van der Waals surface area contributed by atoms with Crippen molar-refractivity contribution in [2.45, 2.75) is 20.0 Å². The molecule has 1 fully saturated rings. The summed E-state index contributed by atoms with van der Waals surface area (Å²) in [5.41, 5.74) is 1.44. The van der Waals surface area contributed by atoms with Crippen LogP contribution in [0.2, 0.25) is 0 Å². The molecular formula is C20H21F3N4OS. The van der Waals surface area contributed by atoms with Crippen molar-refractivity contribution >= 4 is 29.1 Å². The van der Waals surface area contributed by atoms with Gasteiger partial charge in [0.2, 0.25) is 0 Å². The summed E-state index contributed by atoms with van der Waals surface area (Å²) in [6.45, 7) is 5.82. The molecule has 154 valence electrons. The van der Waals surface area contributed by atoms with Crippen LogP contribution in [0.15, 0.2) is 36.4 Å². The Labute approximate surface area is 172 Å². The summed E-state index contributed by atoms with van der Waals surface area (Å²) in [5.74, 6) is 0.393. The molecule has 0 spiro atoms. The molecule has 1 aliphatic rings. The van der Waals surface area contributed by atoms with Crippen LogP contribution >= 0.6 is 12.2 Å². The summed E-state index contributed by atoms with van der Waals surface area (Å²) in [7, 11) is 0. The number of rotatable bonds is 2. The molecule has 1 aromatic carbocycles. The first-order chi connectivity index (χ1) is 13.6. The van der Waals surface area contributed by atoms with Crippen LogP contribution in [0.4, 0.5) is 19.0 Å². The predicted molar refractivity (Wildman–Crippen MR) is 109 cm³/mol. The van der Waals surface area contributed by atoms with Crippen LogP contribution in [0.3, 0.4) is 0 Å². The van der Waals surface area contributed by atoms with Crippen molar-refractivity contribution in [3.05, 3.63) is 58.8 Å². The number of carbonyl (C=O) groups excluding carboxylic acids is 1. The number of piperazine rings is 1. The van der Waals surface area contributed by atoms with Gasteiger partial charge >= 0.3 is 6.18 Å². The molecule has 29 heavy (non-hydrogen) atoms. The van der Waals surface area contributed by atoms with Gasteiger partial charge in [0.05, 0.1) is 5.56 Å². The highest BCUT2D eigenvalue weighted by atomic mass is 32.1. The van der Waals surface area contributed by atoms with Gasteiger partial charge in [-0.05, 0) is 68.0 Å². The molecule has 0 unspecified atom stereocenters. The van der Waals surface area contributed by atoms with Gasteiger partial charge in [0.1, 0.15) is 5.82 Å². The molecule has 0 bridgehead atoms. The summed E-state index contributed by atoms with van der Waals surface area (Å²) < 4.78 is 38.0. The molecule has 1 saturated heterocycles. The third-order valence-corrected chi connectivity index (χ3v) is 5.01. The molecule has 1 amide bonds. The summed E-state index contributed by atoms with van der Waals surface area (Å²) in [4.78, 5) is 20.5. The van der Waals surface area contributed by atoms with Crippen LogP contribution in [0, 0.1) is 13.8 Å². The van der Waals surface area contributed by atoms with E-state index in [0.717, 1.165) is 23.4 Å². The van der Waals surface area contributed by atoms with Crippen LogP contribution in [-0.4, -0.2) is 52.0 Å². The molecule has 0 atom stereocenters. The standard InChI is InChI=1S/C20H21F3N4OS/c1-13-11-14(2)24-17(12-13)25-19(29)27-9-7-26(8-10-27)18(28)15-3-5-16(6-4-15)20(21,22)23/h3-6,11-12H,7-10H2,1-2H3,(H,24,25,29). The van der Waals surface area contributed by atoms with Crippen molar-refractivity contribution in [1.82, 2.24) is 14.8 Å². The van der Waals surface area contributed by atoms with Crippen molar-refractivity contribution in [3.63, 3.8) is 0 Å². The summed E-state index contributed by atoms with van der Waals surface area (Å²) in [6.07, 6.45) is -4.42. The number of anilines is 1. The maximum atomic E-state index is 12.7. The molecule has 3 rings (SSSR count). The van der Waals surface area contributed by atoms with E-state index in [0.29, 0.717) is 37.1 Å². The van der Waals surface area contributed by atoms with E-state index in [4.69, 9.17) is 12.2 Å². The third kappa shape index (κ3) is 5.23. The van der Waals surface area contributed by atoms with E-state index in [1.165, 1.54) is 12.1 Å². The number of hydrogen-bond donors (Lipinski definition) is 1. The Morgan fingerprint density at radius 3 is 2.17 bits per heavy atom. The van der Waals surface area contributed by atoms with Gasteiger partial charge in [-0.1, -0.05) is 0 Å². The fraction of sp³-hybridized carbons (Fsp3) is 0.350. The van der Waals surface area contributed by atoms with Crippen LogP contribution in [-0.2, 0) is 6.18 Å². The number of nitrogens with one attached hydrogen (secondary N) is 1. The zero-order valence-electron chi connectivity index (χ0n) is 16.1. The Morgan fingerprint density at radius 1 is 1.03 bits per heavy atom. The maximum absolute atomic E-state index is 12.7. The molecule has 2 aromatic rings. The number of pyridine rings is 1. The smallest absolute Gasteiger partial charge is 0.345 e. The largest absolute Gasteiger partial charge is 0.416 e. The monoisotopic (exact) mass is 422 g/mol. The van der Waals surface area contributed by atoms with Crippen molar-refractivity contribution in [3.8, 4) is 0 Å². The quantitative estimate of drug-likeness (QED) is 0.745. The molecule has 0 saturated carbocycles. The number of halogens is 3. The Balaban J connectivity index is 1.57. The predicted octanol–water partition coefficient (Wildman–Crippen LogP) is 3.87. The van der Waals surface area contributed by atoms with E-state index in [9.17, 15) is 18.0 Å². The minimum atomic E-state index is -4.42. The minimum Gasteiger partial charge on any atom is -0.345 e. The van der Waals surface area contributed by atoms with Gasteiger partial charge in [-0.3, -0.25) is 4.79 Å². The number of alkyl halides is 3. The summed E-state index contributed by atoms with van der Waals surface area (Å²) >= 11 is 5.45. The second kappa shape index (κ2) is 8.36. The first-order valence-electron chi connectivity index (χ1n) is 9.11. The van der Waals surface area contributed by atoms with Gasteiger partial charge in [-0.15, -0.1) is 0 Å². The van der Waals surface area contributed by atoms with Gasteiger partial charge in [0.25, 0.3) is 5.91 Å². The second-order valence-corrected chi connectivity index (χ2v) is 7.34. The fourth-order valence-electron chi connectivity index (χ4n) is 3.19. The molecular weight excluding hydrogens is 401 g/mol. The van der Waals surface area contributed by atoms with Crippen LogP contribution in [0.1, 0.15) is 27.2 Å². The normalized spacial score (nSPS) is 14.7. The number of aryl methyl sites for hydroxylation is 2. The van der Waals surface area contributed by atoms with Crippen molar-refractivity contribution in [1.29, 1.82) is 0 Å². The maximum Gasteiger partial charge on any atom is 0.416 e. The molecule has 2 heterocycles. The van der Waals surface area contributed by atoms with Crippen LogP contribution in [0.25, 0.3) is 0 Å². The second-order valence-electron chi connectivity index (χ2n) is 6.96. The van der Waals surface area contributed by atoms with E-state index in [2.05, 4.69) is 10.3 Å². The first-order valence-corrected chi connectivity index (χ1v) is 9.52. The lowest BCUT2D eigenvalue weighted by Gasteiger charge is -2.36. The van der Waals surface area contributed by atoms with E-state index >= 15 is 0 Å². The molecule has 1 N–H and O–H groups in total. The highest BCUT2D eigenvalue weighted by Gasteiger charge is 2.31. The summed E-state index contributed by atoms with van der Waals surface area (Å²) in [6, 6.07) is 8.17. The Bertz CT molecular complexity index is 887. The molecule has 0 radical (unpaired) electrons. The number of benzene rings is 1. The highest BCUT2D eigenvalue weighted by Crippen LogP contribution is 2.29. The lowest BCUT2D eigenvalue weighted by atomic mass is 10.1. The zero-order chi connectivity index (χ0) is 21.2. The van der Waals surface area contributed by atoms with Gasteiger partial charge in [0.15, 0.2) is 5.11 Å². The molecule has 9 heteroatoms.